The van der Waals surface area contributed by atoms with Gasteiger partial charge in [0.15, 0.2) is 0 Å². The number of hydrogen-bond acceptors (Lipinski definition) is 6. The zero-order chi connectivity index (χ0) is 23.4. The number of hydrogen-bond donors (Lipinski definition) is 1. The minimum atomic E-state index is -0.818. The van der Waals surface area contributed by atoms with Gasteiger partial charge in [-0.3, -0.25) is 9.59 Å². The highest BCUT2D eigenvalue weighted by Gasteiger charge is 2.46. The monoisotopic (exact) mass is 445 g/mol. The molecule has 168 valence electrons. The van der Waals surface area contributed by atoms with Crippen LogP contribution in [0.3, 0.4) is 0 Å². The molecule has 3 aromatic rings. The van der Waals surface area contributed by atoms with Crippen LogP contribution in [0.1, 0.15) is 22.9 Å². The maximum Gasteiger partial charge on any atom is 0.296 e. The zero-order valence-electron chi connectivity index (χ0n) is 18.1. The molecule has 0 bridgehead atoms. The number of amides is 1. The third kappa shape index (κ3) is 4.39. The first-order valence-corrected chi connectivity index (χ1v) is 10.3. The van der Waals surface area contributed by atoms with Crippen molar-refractivity contribution < 1.29 is 28.6 Å². The van der Waals surface area contributed by atoms with E-state index in [1.165, 1.54) is 18.3 Å². The van der Waals surface area contributed by atoms with E-state index in [2.05, 4.69) is 6.58 Å². The van der Waals surface area contributed by atoms with E-state index in [4.69, 9.17) is 13.9 Å². The summed E-state index contributed by atoms with van der Waals surface area (Å²) in [7, 11) is 1.54. The van der Waals surface area contributed by atoms with E-state index < -0.39 is 17.7 Å². The van der Waals surface area contributed by atoms with E-state index >= 15 is 0 Å². The number of aliphatic hydroxyl groups excluding tert-OH is 1. The third-order valence-electron chi connectivity index (χ3n) is 5.35. The maximum atomic E-state index is 13.1. The van der Waals surface area contributed by atoms with Gasteiger partial charge in [-0.2, -0.15) is 0 Å². The van der Waals surface area contributed by atoms with Crippen LogP contribution >= 0.6 is 0 Å². The van der Waals surface area contributed by atoms with E-state index in [0.29, 0.717) is 35.0 Å². The number of nitrogens with zero attached hydrogens (tertiary/aromatic N) is 1. The number of methoxy groups -OCH3 is 1. The largest absolute Gasteiger partial charge is 0.507 e. The molecule has 1 N–H and O–H groups in total. The molecule has 0 radical (unpaired) electrons. The van der Waals surface area contributed by atoms with Crippen molar-refractivity contribution in [3.63, 3.8) is 0 Å². The molecular formula is C26H23NO6. The van der Waals surface area contributed by atoms with Crippen LogP contribution in [0.5, 0.6) is 11.5 Å². The molecule has 1 amide bonds. The lowest BCUT2D eigenvalue weighted by molar-refractivity contribution is -0.140. The van der Waals surface area contributed by atoms with E-state index in [9.17, 15) is 14.7 Å². The fraction of sp³-hybridized carbons (Fsp3) is 0.154. The first-order valence-electron chi connectivity index (χ1n) is 10.3. The number of carbonyl (C=O) groups excluding carboxylic acids is 2. The van der Waals surface area contributed by atoms with Crippen LogP contribution in [0.2, 0.25) is 0 Å². The second-order valence-corrected chi connectivity index (χ2v) is 7.41. The topological polar surface area (TPSA) is 89.2 Å². The predicted octanol–water partition coefficient (Wildman–Crippen LogP) is 4.47. The average molecular weight is 445 g/mol. The molecule has 1 aliphatic heterocycles. The van der Waals surface area contributed by atoms with Crippen molar-refractivity contribution in [2.24, 2.45) is 0 Å². The van der Waals surface area contributed by atoms with Crippen LogP contribution < -0.4 is 9.47 Å². The summed E-state index contributed by atoms with van der Waals surface area (Å²) in [6, 6.07) is 16.3. The van der Waals surface area contributed by atoms with Crippen LogP contribution in [0.4, 0.5) is 0 Å². The van der Waals surface area contributed by atoms with Crippen molar-refractivity contribution in [2.75, 3.05) is 13.7 Å². The number of ether oxygens (including phenoxy) is 2. The highest BCUT2D eigenvalue weighted by Crippen LogP contribution is 2.41. The second kappa shape index (κ2) is 9.48. The van der Waals surface area contributed by atoms with Gasteiger partial charge in [0.05, 0.1) is 31.5 Å². The van der Waals surface area contributed by atoms with E-state index in [1.54, 1.807) is 66.7 Å². The van der Waals surface area contributed by atoms with Crippen LogP contribution in [0.25, 0.3) is 5.76 Å². The van der Waals surface area contributed by atoms with Gasteiger partial charge < -0.3 is 23.9 Å². The highest BCUT2D eigenvalue weighted by molar-refractivity contribution is 6.46. The van der Waals surface area contributed by atoms with Gasteiger partial charge in [-0.15, -0.1) is 0 Å². The summed E-state index contributed by atoms with van der Waals surface area (Å²) >= 11 is 0. The average Bonchev–Trinajstić information content (AvgIpc) is 3.45. The van der Waals surface area contributed by atoms with Gasteiger partial charge in [0.25, 0.3) is 11.7 Å². The Hall–Kier alpha value is -4.26. The van der Waals surface area contributed by atoms with Crippen molar-refractivity contribution in [1.29, 1.82) is 0 Å². The van der Waals surface area contributed by atoms with Gasteiger partial charge >= 0.3 is 0 Å². The van der Waals surface area contributed by atoms with Crippen LogP contribution in [-0.4, -0.2) is 35.4 Å². The Morgan fingerprint density at radius 2 is 1.91 bits per heavy atom. The Bertz CT molecular complexity index is 1190. The van der Waals surface area contributed by atoms with Gasteiger partial charge in [-0.05, 0) is 54.1 Å². The standard InChI is InChI=1S/C26H23NO6/c1-3-13-32-19-11-9-17(10-12-19)24(28)22-23(18-6-4-7-20(15-18)31-2)27(26(30)25(22)29)16-21-8-5-14-33-21/h3-12,14-15,23,28H,1,13,16H2,2H3/t23-/m1/s1. The molecule has 0 saturated carbocycles. The summed E-state index contributed by atoms with van der Waals surface area (Å²) in [5.41, 5.74) is 1.03. The molecule has 2 heterocycles. The molecule has 0 unspecified atom stereocenters. The van der Waals surface area contributed by atoms with Gasteiger partial charge in [0.1, 0.15) is 29.6 Å². The molecule has 1 aliphatic rings. The van der Waals surface area contributed by atoms with Crippen LogP contribution in [0.15, 0.2) is 89.6 Å². The third-order valence-corrected chi connectivity index (χ3v) is 5.35. The van der Waals surface area contributed by atoms with E-state index in [0.717, 1.165) is 0 Å². The smallest absolute Gasteiger partial charge is 0.296 e. The SMILES string of the molecule is C=CCOc1ccc(C(O)=C2C(=O)C(=O)N(Cc3ccco3)[C@@H]2c2cccc(OC)c2)cc1. The molecule has 0 spiro atoms. The van der Waals surface area contributed by atoms with Gasteiger partial charge in [-0.1, -0.05) is 24.8 Å². The molecule has 33 heavy (non-hydrogen) atoms. The number of furan rings is 1. The quantitative estimate of drug-likeness (QED) is 0.238. The normalized spacial score (nSPS) is 17.2. The predicted molar refractivity (Wildman–Crippen MR) is 122 cm³/mol. The Labute approximate surface area is 191 Å². The van der Waals surface area contributed by atoms with Crippen LogP contribution in [-0.2, 0) is 16.1 Å². The number of benzene rings is 2. The summed E-state index contributed by atoms with van der Waals surface area (Å²) in [4.78, 5) is 27.5. The molecule has 1 atom stereocenters. The van der Waals surface area contributed by atoms with Gasteiger partial charge in [0.2, 0.25) is 0 Å². The van der Waals surface area contributed by atoms with Crippen molar-refractivity contribution in [2.45, 2.75) is 12.6 Å². The summed E-state index contributed by atoms with van der Waals surface area (Å²) in [5, 5.41) is 11.1. The van der Waals surface area contributed by atoms with E-state index in [-0.39, 0.29) is 17.9 Å². The molecule has 0 aliphatic carbocycles. The first-order chi connectivity index (χ1) is 16.0. The first kappa shape index (κ1) is 22.0. The summed E-state index contributed by atoms with van der Waals surface area (Å²) in [6.45, 7) is 4.03. The Morgan fingerprint density at radius 1 is 1.12 bits per heavy atom. The number of likely N-dealkylation sites (tertiary alicyclic amines) is 1. The van der Waals surface area contributed by atoms with Gasteiger partial charge in [0, 0.05) is 5.56 Å². The summed E-state index contributed by atoms with van der Waals surface area (Å²) < 4.78 is 16.2. The minimum Gasteiger partial charge on any atom is -0.507 e. The lowest BCUT2D eigenvalue weighted by Gasteiger charge is -2.24. The van der Waals surface area contributed by atoms with Crippen molar-refractivity contribution >= 4 is 17.4 Å². The molecule has 1 aromatic heterocycles. The second-order valence-electron chi connectivity index (χ2n) is 7.41. The van der Waals surface area contributed by atoms with E-state index in [1.807, 2.05) is 0 Å². The number of aliphatic hydroxyl groups is 1. The van der Waals surface area contributed by atoms with Crippen LogP contribution in [0, 0.1) is 0 Å². The van der Waals surface area contributed by atoms with Crippen molar-refractivity contribution in [3.8, 4) is 11.5 Å². The molecule has 1 fully saturated rings. The highest BCUT2D eigenvalue weighted by atomic mass is 16.5. The molecule has 1 saturated heterocycles. The summed E-state index contributed by atoms with van der Waals surface area (Å²) in [5.74, 6) is -0.0636. The Kier molecular flexibility index (Phi) is 6.31. The molecule has 4 rings (SSSR count). The number of Topliss-reactive ketones (excluding diaryl/α,β-unsaturated/α-hetero) is 1. The van der Waals surface area contributed by atoms with Crippen molar-refractivity contribution in [3.05, 3.63) is 102 Å². The lowest BCUT2D eigenvalue weighted by Crippen LogP contribution is -2.29. The zero-order valence-corrected chi connectivity index (χ0v) is 18.1. The number of ketones is 1. The number of rotatable bonds is 8. The molecule has 2 aromatic carbocycles. The molecular weight excluding hydrogens is 422 g/mol. The number of carbonyl (C=O) groups is 2. The molecule has 7 heteroatoms. The Balaban J connectivity index is 1.80. The summed E-state index contributed by atoms with van der Waals surface area (Å²) in [6.07, 6.45) is 3.13. The molecule has 7 nitrogen and oxygen atoms in total. The Morgan fingerprint density at radius 3 is 2.58 bits per heavy atom. The van der Waals surface area contributed by atoms with Gasteiger partial charge in [-0.25, -0.2) is 0 Å². The minimum absolute atomic E-state index is 0.000399. The lowest BCUT2D eigenvalue weighted by atomic mass is 9.95. The van der Waals surface area contributed by atoms with Crippen molar-refractivity contribution in [1.82, 2.24) is 4.90 Å². The fourth-order valence-electron chi connectivity index (χ4n) is 3.79. The maximum absolute atomic E-state index is 13.1. The fourth-order valence-corrected chi connectivity index (χ4v) is 3.79.